The zero-order valence-corrected chi connectivity index (χ0v) is 9.89. The lowest BCUT2D eigenvalue weighted by molar-refractivity contribution is 0.191. The smallest absolute Gasteiger partial charge is 0.393 e. The van der Waals surface area contributed by atoms with Crippen molar-refractivity contribution < 1.29 is 28.3 Å². The lowest BCUT2D eigenvalue weighted by Crippen LogP contribution is -1.97. The van der Waals surface area contributed by atoms with E-state index in [1.807, 2.05) is 0 Å². The van der Waals surface area contributed by atoms with Crippen molar-refractivity contribution in [1.29, 1.82) is 0 Å². The van der Waals surface area contributed by atoms with E-state index in [2.05, 4.69) is 9.05 Å². The van der Waals surface area contributed by atoms with Gasteiger partial charge in [0.15, 0.2) is 0 Å². The fourth-order valence-corrected chi connectivity index (χ4v) is 1.41. The number of hydrogen-bond acceptors (Lipinski definition) is 6. The van der Waals surface area contributed by atoms with Crippen LogP contribution in [0.25, 0.3) is 0 Å². The minimum absolute atomic E-state index is 0.338. The lowest BCUT2D eigenvalue weighted by atomic mass is 10.2. The Morgan fingerprint density at radius 2 is 2.13 bits per heavy atom. The van der Waals surface area contributed by atoms with Crippen molar-refractivity contribution in [2.75, 3.05) is 6.54 Å². The van der Waals surface area contributed by atoms with E-state index in [9.17, 15) is 4.57 Å². The minimum Gasteiger partial charge on any atom is -0.394 e. The molecule has 0 aliphatic heterocycles. The lowest BCUT2D eigenvalue weighted by Gasteiger charge is -2.08. The van der Waals surface area contributed by atoms with Crippen LogP contribution in [0.3, 0.4) is 0 Å². The first kappa shape index (κ1) is 14.8. The Hall–Kier alpha value is -0.160. The molecule has 1 unspecified atom stereocenters. The van der Waals surface area contributed by atoms with Crippen molar-refractivity contribution in [3.8, 4) is 0 Å². The number of rotatable bonds is 8. The molecule has 0 saturated carbocycles. The molecular formula is C6H15NO6P2. The number of hydrogen-bond donors (Lipinski definition) is 4. The minimum atomic E-state index is -3.20. The molecule has 0 aromatic heterocycles. The molecule has 0 aromatic carbocycles. The highest BCUT2D eigenvalue weighted by Crippen LogP contribution is 2.33. The van der Waals surface area contributed by atoms with Gasteiger partial charge in [0.25, 0.3) is 5.95 Å². The zero-order valence-electron chi connectivity index (χ0n) is 8.00. The van der Waals surface area contributed by atoms with Gasteiger partial charge in [-0.15, -0.1) is 0 Å². The van der Waals surface area contributed by atoms with Gasteiger partial charge in [0, 0.05) is 0 Å². The molecule has 0 rings (SSSR count). The van der Waals surface area contributed by atoms with Crippen LogP contribution in [0.5, 0.6) is 0 Å². The fraction of sp³-hybridized carbons (Fsp3) is 0.667. The predicted molar refractivity (Wildman–Crippen MR) is 55.7 cm³/mol. The van der Waals surface area contributed by atoms with Crippen LogP contribution in [0.2, 0.25) is 0 Å². The Balaban J connectivity index is 4.02. The van der Waals surface area contributed by atoms with Crippen LogP contribution in [0.1, 0.15) is 19.3 Å². The third-order valence-corrected chi connectivity index (χ3v) is 2.05. The van der Waals surface area contributed by atoms with Gasteiger partial charge >= 0.3 is 16.9 Å². The SMILES string of the molecule is NCCCC/C=C(\OP(O)O)O[PH](=O)O. The Morgan fingerprint density at radius 3 is 2.60 bits per heavy atom. The zero-order chi connectivity index (χ0) is 11.7. The molecule has 0 bridgehead atoms. The summed E-state index contributed by atoms with van der Waals surface area (Å²) in [6.45, 7) is 0.550. The molecule has 90 valence electrons. The second-order valence-electron chi connectivity index (χ2n) is 2.52. The van der Waals surface area contributed by atoms with Crippen LogP contribution >= 0.6 is 16.9 Å². The molecule has 7 nitrogen and oxygen atoms in total. The average Bonchev–Trinajstić information content (AvgIpc) is 2.10. The van der Waals surface area contributed by atoms with E-state index >= 15 is 0 Å². The summed E-state index contributed by atoms with van der Waals surface area (Å²) in [4.78, 5) is 25.5. The van der Waals surface area contributed by atoms with Crippen LogP contribution < -0.4 is 5.73 Å². The van der Waals surface area contributed by atoms with E-state index in [1.54, 1.807) is 0 Å². The number of nitrogens with two attached hydrogens (primary N) is 1. The summed E-state index contributed by atoms with van der Waals surface area (Å²) in [7, 11) is -5.85. The third-order valence-electron chi connectivity index (χ3n) is 1.33. The molecule has 0 aromatic rings. The van der Waals surface area contributed by atoms with Gasteiger partial charge in [0.1, 0.15) is 0 Å². The second-order valence-corrected chi connectivity index (χ2v) is 3.94. The maximum Gasteiger partial charge on any atom is 0.393 e. The molecule has 0 aliphatic carbocycles. The largest absolute Gasteiger partial charge is 0.394 e. The summed E-state index contributed by atoms with van der Waals surface area (Å²) in [5.41, 5.74) is 5.26. The van der Waals surface area contributed by atoms with E-state index in [-0.39, 0.29) is 5.95 Å². The molecule has 0 spiro atoms. The Bertz CT molecular complexity index is 222. The summed E-state index contributed by atoms with van der Waals surface area (Å²) in [5.74, 6) is -0.338. The summed E-state index contributed by atoms with van der Waals surface area (Å²) >= 11 is 0. The molecule has 0 saturated heterocycles. The van der Waals surface area contributed by atoms with Gasteiger partial charge in [-0.3, -0.25) is 0 Å². The molecule has 0 heterocycles. The van der Waals surface area contributed by atoms with E-state index in [1.165, 1.54) is 6.08 Å². The topological polar surface area (TPSA) is 122 Å². The second kappa shape index (κ2) is 9.09. The molecule has 0 radical (unpaired) electrons. The van der Waals surface area contributed by atoms with E-state index in [0.717, 1.165) is 12.8 Å². The highest BCUT2D eigenvalue weighted by atomic mass is 31.2. The van der Waals surface area contributed by atoms with Crippen molar-refractivity contribution >= 4 is 16.9 Å². The monoisotopic (exact) mass is 259 g/mol. The summed E-state index contributed by atoms with van der Waals surface area (Å²) < 4.78 is 19.1. The molecular weight excluding hydrogens is 244 g/mol. The maximum absolute atomic E-state index is 10.3. The summed E-state index contributed by atoms with van der Waals surface area (Å²) in [6.07, 6.45) is 3.44. The molecule has 0 aliphatic rings. The average molecular weight is 259 g/mol. The van der Waals surface area contributed by atoms with Crippen molar-refractivity contribution in [1.82, 2.24) is 0 Å². The third kappa shape index (κ3) is 10.1. The van der Waals surface area contributed by atoms with Gasteiger partial charge in [-0.25, -0.2) is 4.57 Å². The predicted octanol–water partition coefficient (Wildman–Crippen LogP) is 0.583. The van der Waals surface area contributed by atoms with Crippen LogP contribution in [-0.2, 0) is 13.6 Å². The molecule has 0 fully saturated rings. The Morgan fingerprint density at radius 1 is 1.47 bits per heavy atom. The van der Waals surface area contributed by atoms with Crippen molar-refractivity contribution in [3.05, 3.63) is 12.0 Å². The highest BCUT2D eigenvalue weighted by Gasteiger charge is 2.08. The number of unbranched alkanes of at least 4 members (excludes halogenated alkanes) is 2. The van der Waals surface area contributed by atoms with Crippen LogP contribution in [0.4, 0.5) is 0 Å². The normalized spacial score (nSPS) is 14.1. The molecule has 0 amide bonds. The molecule has 5 N–H and O–H groups in total. The fourth-order valence-electron chi connectivity index (χ4n) is 0.773. The summed E-state index contributed by atoms with van der Waals surface area (Å²) in [5, 5.41) is 0. The first-order chi connectivity index (χ1) is 7.06. The van der Waals surface area contributed by atoms with Gasteiger partial charge < -0.3 is 29.5 Å². The first-order valence-electron chi connectivity index (χ1n) is 4.23. The maximum atomic E-state index is 10.3. The van der Waals surface area contributed by atoms with Gasteiger partial charge in [0.05, 0.1) is 0 Å². The van der Waals surface area contributed by atoms with Gasteiger partial charge in [-0.05, 0) is 31.9 Å². The quantitative estimate of drug-likeness (QED) is 0.285. The van der Waals surface area contributed by atoms with Crippen molar-refractivity contribution in [3.63, 3.8) is 0 Å². The first-order valence-corrected chi connectivity index (χ1v) is 6.66. The molecule has 9 heteroatoms. The van der Waals surface area contributed by atoms with E-state index < -0.39 is 16.9 Å². The van der Waals surface area contributed by atoms with Crippen LogP contribution in [0.15, 0.2) is 12.0 Å². The van der Waals surface area contributed by atoms with Crippen molar-refractivity contribution in [2.45, 2.75) is 19.3 Å². The Labute approximate surface area is 89.5 Å². The standard InChI is InChI=1S/C6H15NO6P2/c7-5-3-1-2-4-6(12-14(8)9)13-15(10)11/h4,8-9,15H,1-3,5,7H2,(H,10,11)/b6-4+. The Kier molecular flexibility index (Phi) is 9.00. The van der Waals surface area contributed by atoms with Gasteiger partial charge in [-0.1, -0.05) is 0 Å². The number of allylic oxidation sites excluding steroid dienone is 1. The van der Waals surface area contributed by atoms with Crippen molar-refractivity contribution in [2.24, 2.45) is 5.73 Å². The van der Waals surface area contributed by atoms with E-state index in [4.69, 9.17) is 20.4 Å². The highest BCUT2D eigenvalue weighted by molar-refractivity contribution is 7.39. The van der Waals surface area contributed by atoms with Gasteiger partial charge in [-0.2, -0.15) is 0 Å². The van der Waals surface area contributed by atoms with Gasteiger partial charge in [0.2, 0.25) is 0 Å². The summed E-state index contributed by atoms with van der Waals surface area (Å²) in [6, 6.07) is 0. The van der Waals surface area contributed by atoms with Crippen LogP contribution in [0, 0.1) is 0 Å². The van der Waals surface area contributed by atoms with Crippen LogP contribution in [-0.4, -0.2) is 21.2 Å². The molecule has 1 atom stereocenters. The van der Waals surface area contributed by atoms with E-state index in [0.29, 0.717) is 13.0 Å². The molecule has 15 heavy (non-hydrogen) atoms.